The summed E-state index contributed by atoms with van der Waals surface area (Å²) in [6, 6.07) is 19.6. The number of nitrogens with zero attached hydrogens (tertiary/aromatic N) is 2. The zero-order chi connectivity index (χ0) is 26.1. The summed E-state index contributed by atoms with van der Waals surface area (Å²) in [4.78, 5) is 38.4. The van der Waals surface area contributed by atoms with E-state index in [1.807, 2.05) is 30.3 Å². The van der Waals surface area contributed by atoms with Gasteiger partial charge in [0.15, 0.2) is 6.61 Å². The third-order valence-electron chi connectivity index (χ3n) is 5.53. The van der Waals surface area contributed by atoms with Crippen LogP contribution < -0.4 is 14.8 Å². The van der Waals surface area contributed by atoms with Crippen LogP contribution in [0.1, 0.15) is 11.1 Å². The Morgan fingerprint density at radius 2 is 1.78 bits per heavy atom. The number of nitro groups is 1. The second kappa shape index (κ2) is 12.6. The van der Waals surface area contributed by atoms with E-state index >= 15 is 0 Å². The lowest BCUT2D eigenvalue weighted by Crippen LogP contribution is -2.51. The maximum absolute atomic E-state index is 13.5. The predicted molar refractivity (Wildman–Crippen MR) is 135 cm³/mol. The van der Waals surface area contributed by atoms with Gasteiger partial charge in [-0.3, -0.25) is 19.7 Å². The Labute approximate surface area is 213 Å². The van der Waals surface area contributed by atoms with Crippen molar-refractivity contribution in [2.24, 2.45) is 0 Å². The Hall–Kier alpha value is -4.11. The monoisotopic (exact) mass is 511 g/mol. The van der Waals surface area contributed by atoms with E-state index in [4.69, 9.17) is 21.1 Å². The number of nitro benzene ring substituents is 1. The first-order valence-corrected chi connectivity index (χ1v) is 11.5. The molecule has 0 unspecified atom stereocenters. The molecule has 0 bridgehead atoms. The highest BCUT2D eigenvalue weighted by atomic mass is 35.5. The van der Waals surface area contributed by atoms with Gasteiger partial charge < -0.3 is 19.7 Å². The number of nitrogens with one attached hydrogen (secondary N) is 1. The molecule has 0 aromatic heterocycles. The second-order valence-corrected chi connectivity index (χ2v) is 8.22. The van der Waals surface area contributed by atoms with Crippen LogP contribution in [0.3, 0.4) is 0 Å². The van der Waals surface area contributed by atoms with Crippen molar-refractivity contribution in [3.05, 3.63) is 99.1 Å². The second-order valence-electron chi connectivity index (χ2n) is 7.81. The van der Waals surface area contributed by atoms with Gasteiger partial charge >= 0.3 is 5.69 Å². The van der Waals surface area contributed by atoms with Crippen LogP contribution in [-0.4, -0.2) is 48.4 Å². The summed E-state index contributed by atoms with van der Waals surface area (Å²) < 4.78 is 10.7. The molecule has 3 rings (SSSR count). The third kappa shape index (κ3) is 6.73. The molecule has 1 atom stereocenters. The third-order valence-corrected chi connectivity index (χ3v) is 5.89. The molecule has 0 heterocycles. The normalized spacial score (nSPS) is 11.3. The van der Waals surface area contributed by atoms with Gasteiger partial charge in [-0.2, -0.15) is 0 Å². The van der Waals surface area contributed by atoms with E-state index in [2.05, 4.69) is 5.32 Å². The molecule has 2 amide bonds. The van der Waals surface area contributed by atoms with Crippen LogP contribution in [0.2, 0.25) is 5.02 Å². The van der Waals surface area contributed by atoms with Crippen LogP contribution in [0.5, 0.6) is 11.5 Å². The van der Waals surface area contributed by atoms with E-state index in [9.17, 15) is 19.7 Å². The van der Waals surface area contributed by atoms with E-state index in [1.54, 1.807) is 24.3 Å². The van der Waals surface area contributed by atoms with Gasteiger partial charge in [0.2, 0.25) is 11.7 Å². The summed E-state index contributed by atoms with van der Waals surface area (Å²) in [5.41, 5.74) is 1.33. The number of carbonyl (C=O) groups is 2. The zero-order valence-corrected chi connectivity index (χ0v) is 20.6. The van der Waals surface area contributed by atoms with Crippen molar-refractivity contribution in [2.75, 3.05) is 20.8 Å². The highest BCUT2D eigenvalue weighted by Crippen LogP contribution is 2.31. The fraction of sp³-hybridized carbons (Fsp3) is 0.231. The SMILES string of the molecule is CNC(=O)[C@@H](Cc1ccccc1)N(Cc1ccccc1Cl)C(=O)COc1ccc([N+](=O)[O-])c(OC)c1. The highest BCUT2D eigenvalue weighted by Gasteiger charge is 2.30. The standard InChI is InChI=1S/C26H26ClN3O6/c1-28-26(32)23(14-18-8-4-3-5-9-18)29(16-19-10-6-7-11-21(19)27)25(31)17-36-20-12-13-22(30(33)34)24(15-20)35-2/h3-13,15,23H,14,16-17H2,1-2H3,(H,28,32)/t23-/m1/s1. The van der Waals surface area contributed by atoms with Gasteiger partial charge in [-0.1, -0.05) is 60.1 Å². The van der Waals surface area contributed by atoms with Crippen molar-refractivity contribution < 1.29 is 24.0 Å². The molecule has 0 aliphatic heterocycles. The van der Waals surface area contributed by atoms with Crippen molar-refractivity contribution in [2.45, 2.75) is 19.0 Å². The van der Waals surface area contributed by atoms with E-state index in [0.717, 1.165) is 5.56 Å². The number of amides is 2. The van der Waals surface area contributed by atoms with E-state index in [-0.39, 0.29) is 36.1 Å². The maximum atomic E-state index is 13.5. The van der Waals surface area contributed by atoms with Crippen LogP contribution >= 0.6 is 11.6 Å². The fourth-order valence-electron chi connectivity index (χ4n) is 3.66. The Bertz CT molecular complexity index is 1220. The molecule has 0 radical (unpaired) electrons. The first-order chi connectivity index (χ1) is 17.3. The number of rotatable bonds is 11. The molecular formula is C26H26ClN3O6. The molecule has 0 aliphatic rings. The number of halogens is 1. The molecule has 0 aliphatic carbocycles. The Kier molecular flexibility index (Phi) is 9.24. The molecule has 10 heteroatoms. The van der Waals surface area contributed by atoms with Crippen molar-refractivity contribution in [1.82, 2.24) is 10.2 Å². The number of ether oxygens (including phenoxy) is 2. The van der Waals surface area contributed by atoms with Crippen LogP contribution in [0.15, 0.2) is 72.8 Å². The van der Waals surface area contributed by atoms with E-state index in [0.29, 0.717) is 10.6 Å². The topological polar surface area (TPSA) is 111 Å². The van der Waals surface area contributed by atoms with Crippen LogP contribution in [0, 0.1) is 10.1 Å². The Morgan fingerprint density at radius 1 is 1.08 bits per heavy atom. The predicted octanol–water partition coefficient (Wildman–Crippen LogP) is 4.02. The molecule has 0 saturated heterocycles. The minimum absolute atomic E-state index is 0.00480. The molecule has 3 aromatic carbocycles. The minimum Gasteiger partial charge on any atom is -0.490 e. The zero-order valence-electron chi connectivity index (χ0n) is 19.8. The number of benzene rings is 3. The quantitative estimate of drug-likeness (QED) is 0.307. The lowest BCUT2D eigenvalue weighted by molar-refractivity contribution is -0.385. The van der Waals surface area contributed by atoms with Crippen LogP contribution in [-0.2, 0) is 22.6 Å². The number of likely N-dealkylation sites (N-methyl/N-ethyl adjacent to an activating group) is 1. The van der Waals surface area contributed by atoms with Gasteiger partial charge in [0.1, 0.15) is 11.8 Å². The molecule has 0 saturated carbocycles. The first kappa shape index (κ1) is 26.5. The fourth-order valence-corrected chi connectivity index (χ4v) is 3.85. The minimum atomic E-state index is -0.837. The summed E-state index contributed by atoms with van der Waals surface area (Å²) >= 11 is 6.36. The number of carbonyl (C=O) groups excluding carboxylic acids is 2. The van der Waals surface area contributed by atoms with Crippen molar-refractivity contribution >= 4 is 29.1 Å². The van der Waals surface area contributed by atoms with Crippen molar-refractivity contribution in [3.8, 4) is 11.5 Å². The molecular weight excluding hydrogens is 486 g/mol. The van der Waals surface area contributed by atoms with Gasteiger partial charge in [-0.25, -0.2) is 0 Å². The molecule has 0 fully saturated rings. The molecule has 3 aromatic rings. The molecule has 36 heavy (non-hydrogen) atoms. The van der Waals surface area contributed by atoms with Gasteiger partial charge in [0.05, 0.1) is 12.0 Å². The molecule has 9 nitrogen and oxygen atoms in total. The summed E-state index contributed by atoms with van der Waals surface area (Å²) in [5, 5.41) is 14.2. The van der Waals surface area contributed by atoms with Gasteiger partial charge in [0.25, 0.3) is 5.91 Å². The number of methoxy groups -OCH3 is 1. The van der Waals surface area contributed by atoms with Gasteiger partial charge in [-0.15, -0.1) is 0 Å². The summed E-state index contributed by atoms with van der Waals surface area (Å²) in [5.74, 6) is -0.582. The van der Waals surface area contributed by atoms with Gasteiger partial charge in [-0.05, 0) is 23.3 Å². The molecule has 188 valence electrons. The lowest BCUT2D eigenvalue weighted by Gasteiger charge is -2.31. The molecule has 1 N–H and O–H groups in total. The average Bonchev–Trinajstić information content (AvgIpc) is 2.90. The summed E-state index contributed by atoms with van der Waals surface area (Å²) in [7, 11) is 2.82. The first-order valence-electron chi connectivity index (χ1n) is 11.1. The van der Waals surface area contributed by atoms with Gasteiger partial charge in [0, 0.05) is 37.2 Å². The average molecular weight is 512 g/mol. The van der Waals surface area contributed by atoms with Crippen molar-refractivity contribution in [1.29, 1.82) is 0 Å². The number of hydrogen-bond donors (Lipinski definition) is 1. The summed E-state index contributed by atoms with van der Waals surface area (Å²) in [6.07, 6.45) is 0.280. The van der Waals surface area contributed by atoms with Crippen molar-refractivity contribution in [3.63, 3.8) is 0 Å². The smallest absolute Gasteiger partial charge is 0.311 e. The lowest BCUT2D eigenvalue weighted by atomic mass is 10.0. The van der Waals surface area contributed by atoms with E-state index in [1.165, 1.54) is 37.3 Å². The maximum Gasteiger partial charge on any atom is 0.311 e. The largest absolute Gasteiger partial charge is 0.490 e. The van der Waals surface area contributed by atoms with Crippen LogP contribution in [0.4, 0.5) is 5.69 Å². The highest BCUT2D eigenvalue weighted by molar-refractivity contribution is 6.31. The van der Waals surface area contributed by atoms with E-state index < -0.39 is 23.5 Å². The number of hydrogen-bond acceptors (Lipinski definition) is 6. The summed E-state index contributed by atoms with van der Waals surface area (Å²) in [6.45, 7) is -0.329. The molecule has 0 spiro atoms. The Balaban J connectivity index is 1.89. The van der Waals surface area contributed by atoms with Crippen LogP contribution in [0.25, 0.3) is 0 Å². The Morgan fingerprint density at radius 3 is 2.42 bits per heavy atom.